The molecule has 3 heterocycles. The molecule has 3 amide bonds. The van der Waals surface area contributed by atoms with Gasteiger partial charge in [-0.15, -0.1) is 11.3 Å². The molecule has 0 spiro atoms. The van der Waals surface area contributed by atoms with Gasteiger partial charge in [0, 0.05) is 44.3 Å². The predicted molar refractivity (Wildman–Crippen MR) is 89.6 cm³/mol. The van der Waals surface area contributed by atoms with Crippen molar-refractivity contribution in [3.8, 4) is 0 Å². The molecule has 0 bridgehead atoms. The molecule has 2 N–H and O–H groups in total. The summed E-state index contributed by atoms with van der Waals surface area (Å²) in [5.74, 6) is 0.0998. The predicted octanol–water partition coefficient (Wildman–Crippen LogP) is 0.889. The molecule has 7 nitrogen and oxygen atoms in total. The maximum atomic E-state index is 12.5. The molecule has 2 aliphatic heterocycles. The van der Waals surface area contributed by atoms with Crippen LogP contribution in [0.4, 0.5) is 9.93 Å². The van der Waals surface area contributed by atoms with Crippen LogP contribution in [0, 0.1) is 5.92 Å². The molecule has 3 rings (SSSR count). The topological polar surface area (TPSA) is 77.6 Å². The Labute approximate surface area is 140 Å². The Kier molecular flexibility index (Phi) is 5.00. The highest BCUT2D eigenvalue weighted by Crippen LogP contribution is 2.19. The Morgan fingerprint density at radius 3 is 3.00 bits per heavy atom. The van der Waals surface area contributed by atoms with Crippen molar-refractivity contribution >= 4 is 28.4 Å². The van der Waals surface area contributed by atoms with Crippen LogP contribution in [0.5, 0.6) is 0 Å². The first-order chi connectivity index (χ1) is 11.1. The fourth-order valence-corrected chi connectivity index (χ4v) is 3.77. The van der Waals surface area contributed by atoms with Gasteiger partial charge in [0.2, 0.25) is 5.91 Å². The summed E-state index contributed by atoms with van der Waals surface area (Å²) >= 11 is 1.62. The summed E-state index contributed by atoms with van der Waals surface area (Å²) in [7, 11) is 0. The minimum Gasteiger partial charge on any atom is -0.354 e. The van der Waals surface area contributed by atoms with Crippen molar-refractivity contribution in [2.75, 3.05) is 37.6 Å². The van der Waals surface area contributed by atoms with Crippen molar-refractivity contribution in [3.63, 3.8) is 0 Å². The third kappa shape index (κ3) is 3.74. The van der Waals surface area contributed by atoms with Gasteiger partial charge in [0.1, 0.15) is 6.04 Å². The molecule has 0 radical (unpaired) electrons. The van der Waals surface area contributed by atoms with E-state index in [1.807, 2.05) is 17.2 Å². The van der Waals surface area contributed by atoms with E-state index in [9.17, 15) is 9.59 Å². The summed E-state index contributed by atoms with van der Waals surface area (Å²) in [5.41, 5.74) is 0. The minimum atomic E-state index is -0.422. The van der Waals surface area contributed by atoms with Crippen LogP contribution in [0.2, 0.25) is 0 Å². The number of thiazole rings is 1. The lowest BCUT2D eigenvalue weighted by Gasteiger charge is -2.31. The summed E-state index contributed by atoms with van der Waals surface area (Å²) in [6.45, 7) is 5.73. The van der Waals surface area contributed by atoms with Crippen LogP contribution in [0.25, 0.3) is 0 Å². The van der Waals surface area contributed by atoms with E-state index in [2.05, 4.69) is 20.5 Å². The Bertz CT molecular complexity index is 550. The number of hydrogen-bond donors (Lipinski definition) is 2. The lowest BCUT2D eigenvalue weighted by Crippen LogP contribution is -2.57. The highest BCUT2D eigenvalue weighted by molar-refractivity contribution is 7.13. The molecule has 2 aliphatic rings. The van der Waals surface area contributed by atoms with Crippen LogP contribution in [0.3, 0.4) is 0 Å². The van der Waals surface area contributed by atoms with Gasteiger partial charge in [0.05, 0.1) is 0 Å². The lowest BCUT2D eigenvalue weighted by atomic mass is 9.94. The maximum Gasteiger partial charge on any atom is 0.318 e. The molecule has 2 unspecified atom stereocenters. The monoisotopic (exact) mass is 337 g/mol. The normalized spacial score (nSPS) is 25.7. The standard InChI is InChI=1S/C15H23N5O2S/c1-11-3-4-16-13(21)12(11)18-14(22)19-6-2-7-20(9-8-19)15-17-5-10-23-15/h5,10-12H,2-4,6-9H2,1H3,(H,16,21)(H,18,22). The second-order valence-electron chi connectivity index (χ2n) is 6.13. The van der Waals surface area contributed by atoms with Crippen molar-refractivity contribution < 1.29 is 9.59 Å². The highest BCUT2D eigenvalue weighted by atomic mass is 32.1. The van der Waals surface area contributed by atoms with Gasteiger partial charge in [-0.1, -0.05) is 6.92 Å². The first-order valence-electron chi connectivity index (χ1n) is 8.13. The van der Waals surface area contributed by atoms with Gasteiger partial charge in [-0.3, -0.25) is 4.79 Å². The van der Waals surface area contributed by atoms with Gasteiger partial charge in [0.15, 0.2) is 5.13 Å². The molecule has 1 aromatic heterocycles. The van der Waals surface area contributed by atoms with E-state index in [1.165, 1.54) is 0 Å². The van der Waals surface area contributed by atoms with Crippen molar-refractivity contribution in [3.05, 3.63) is 11.6 Å². The zero-order valence-corrected chi connectivity index (χ0v) is 14.1. The number of nitrogens with zero attached hydrogens (tertiary/aromatic N) is 3. The Morgan fingerprint density at radius 2 is 2.26 bits per heavy atom. The summed E-state index contributed by atoms with van der Waals surface area (Å²) in [6, 6.07) is -0.561. The molecular formula is C15H23N5O2S. The molecule has 126 valence electrons. The van der Waals surface area contributed by atoms with E-state index in [-0.39, 0.29) is 17.9 Å². The summed E-state index contributed by atoms with van der Waals surface area (Å²) in [4.78, 5) is 32.8. The maximum absolute atomic E-state index is 12.5. The van der Waals surface area contributed by atoms with E-state index in [0.717, 1.165) is 31.1 Å². The molecule has 23 heavy (non-hydrogen) atoms. The van der Waals surface area contributed by atoms with Crippen LogP contribution in [0.1, 0.15) is 19.8 Å². The quantitative estimate of drug-likeness (QED) is 0.840. The van der Waals surface area contributed by atoms with E-state index < -0.39 is 6.04 Å². The Balaban J connectivity index is 1.56. The summed E-state index contributed by atoms with van der Waals surface area (Å²) in [5, 5.41) is 8.70. The second kappa shape index (κ2) is 7.16. The van der Waals surface area contributed by atoms with Gasteiger partial charge in [-0.25, -0.2) is 9.78 Å². The van der Waals surface area contributed by atoms with Crippen LogP contribution in [-0.2, 0) is 4.79 Å². The fourth-order valence-electron chi connectivity index (χ4n) is 3.07. The first kappa shape index (κ1) is 16.0. The number of carbonyl (C=O) groups excluding carboxylic acids is 2. The van der Waals surface area contributed by atoms with Crippen molar-refractivity contribution in [2.24, 2.45) is 5.92 Å². The first-order valence-corrected chi connectivity index (χ1v) is 9.00. The molecule has 2 saturated heterocycles. The average Bonchev–Trinajstić information content (AvgIpc) is 2.95. The van der Waals surface area contributed by atoms with Crippen LogP contribution in [0.15, 0.2) is 11.6 Å². The average molecular weight is 337 g/mol. The Hall–Kier alpha value is -1.83. The zero-order valence-electron chi connectivity index (χ0n) is 13.3. The molecule has 0 aliphatic carbocycles. The SMILES string of the molecule is CC1CCNC(=O)C1NC(=O)N1CCCN(c2nccs2)CC1. The number of anilines is 1. The number of amides is 3. The van der Waals surface area contributed by atoms with Crippen LogP contribution in [-0.4, -0.2) is 60.6 Å². The van der Waals surface area contributed by atoms with Gasteiger partial charge in [0.25, 0.3) is 0 Å². The summed E-state index contributed by atoms with van der Waals surface area (Å²) < 4.78 is 0. The number of nitrogens with one attached hydrogen (secondary N) is 2. The van der Waals surface area contributed by atoms with E-state index in [0.29, 0.717) is 19.6 Å². The van der Waals surface area contributed by atoms with Gasteiger partial charge in [-0.2, -0.15) is 0 Å². The summed E-state index contributed by atoms with van der Waals surface area (Å²) in [6.07, 6.45) is 3.60. The molecule has 0 aromatic carbocycles. The molecule has 2 atom stereocenters. The molecule has 8 heteroatoms. The molecule has 0 saturated carbocycles. The van der Waals surface area contributed by atoms with E-state index in [4.69, 9.17) is 0 Å². The minimum absolute atomic E-state index is 0.0728. The fraction of sp³-hybridized carbons (Fsp3) is 0.667. The third-order valence-electron chi connectivity index (χ3n) is 4.50. The number of hydrogen-bond acceptors (Lipinski definition) is 5. The van der Waals surface area contributed by atoms with Crippen LogP contribution < -0.4 is 15.5 Å². The van der Waals surface area contributed by atoms with Gasteiger partial charge < -0.3 is 20.4 Å². The van der Waals surface area contributed by atoms with Crippen LogP contribution >= 0.6 is 11.3 Å². The van der Waals surface area contributed by atoms with Gasteiger partial charge >= 0.3 is 6.03 Å². The van der Waals surface area contributed by atoms with Crippen molar-refractivity contribution in [1.29, 1.82) is 0 Å². The number of aromatic nitrogens is 1. The largest absolute Gasteiger partial charge is 0.354 e. The number of urea groups is 1. The third-order valence-corrected chi connectivity index (χ3v) is 5.33. The lowest BCUT2D eigenvalue weighted by molar-refractivity contribution is -0.125. The van der Waals surface area contributed by atoms with E-state index >= 15 is 0 Å². The van der Waals surface area contributed by atoms with E-state index in [1.54, 1.807) is 17.5 Å². The number of carbonyl (C=O) groups is 2. The highest BCUT2D eigenvalue weighted by Gasteiger charge is 2.31. The van der Waals surface area contributed by atoms with Crippen molar-refractivity contribution in [1.82, 2.24) is 20.5 Å². The molecular weight excluding hydrogens is 314 g/mol. The number of piperidine rings is 1. The Morgan fingerprint density at radius 1 is 1.39 bits per heavy atom. The van der Waals surface area contributed by atoms with Crippen molar-refractivity contribution in [2.45, 2.75) is 25.8 Å². The smallest absolute Gasteiger partial charge is 0.318 e. The second-order valence-corrected chi connectivity index (χ2v) is 7.00. The molecule has 2 fully saturated rings. The zero-order chi connectivity index (χ0) is 16.2. The van der Waals surface area contributed by atoms with Gasteiger partial charge in [-0.05, 0) is 18.8 Å². The molecule has 1 aromatic rings. The number of rotatable bonds is 2.